The van der Waals surface area contributed by atoms with Gasteiger partial charge in [-0.15, -0.1) is 11.3 Å². The molecule has 158 valence electrons. The number of thiocarbonyl (C=S) groups is 1. The average Bonchev–Trinajstić information content (AvgIpc) is 3.44. The monoisotopic (exact) mass is 454 g/mol. The van der Waals surface area contributed by atoms with Gasteiger partial charge in [-0.05, 0) is 17.5 Å². The van der Waals surface area contributed by atoms with Crippen molar-refractivity contribution >= 4 is 58.0 Å². The summed E-state index contributed by atoms with van der Waals surface area (Å²) in [5.74, 6) is -2.72. The first-order valence-corrected chi connectivity index (χ1v) is 10.8. The molecule has 8 nitrogen and oxygen atoms in total. The van der Waals surface area contributed by atoms with Crippen LogP contribution in [0.5, 0.6) is 0 Å². The maximum absolute atomic E-state index is 13.8. The Hall–Kier alpha value is -3.11. The Balaban J connectivity index is 1.87. The van der Waals surface area contributed by atoms with Crippen molar-refractivity contribution in [1.82, 2.24) is 15.1 Å². The lowest BCUT2D eigenvalue weighted by atomic mass is 9.65. The molecule has 2 spiro atoms. The minimum absolute atomic E-state index is 0.0504. The highest BCUT2D eigenvalue weighted by molar-refractivity contribution is 7.80. The van der Waals surface area contributed by atoms with E-state index < -0.39 is 34.7 Å². The van der Waals surface area contributed by atoms with Crippen molar-refractivity contribution in [3.8, 4) is 0 Å². The van der Waals surface area contributed by atoms with Crippen molar-refractivity contribution in [2.45, 2.75) is 11.5 Å². The quantitative estimate of drug-likeness (QED) is 0.521. The van der Waals surface area contributed by atoms with Gasteiger partial charge in [0.15, 0.2) is 11.0 Å². The Morgan fingerprint density at radius 2 is 1.55 bits per heavy atom. The van der Waals surface area contributed by atoms with E-state index in [9.17, 15) is 19.2 Å². The molecule has 31 heavy (non-hydrogen) atoms. The minimum Gasteiger partial charge on any atom is -0.360 e. The van der Waals surface area contributed by atoms with E-state index >= 15 is 0 Å². The van der Waals surface area contributed by atoms with Crippen molar-refractivity contribution < 1.29 is 19.2 Å². The lowest BCUT2D eigenvalue weighted by Crippen LogP contribution is -2.66. The SMILES string of the molecule is CN1C(=O)N(C)C(=O)C2(C1=O)C(=S)N[C@]1(C(=O)N(C)c3ccccc31)[C@H]2c1cccs1. The second-order valence-electron chi connectivity index (χ2n) is 7.91. The number of nitrogens with zero attached hydrogens (tertiary/aromatic N) is 3. The molecule has 0 aliphatic carbocycles. The van der Waals surface area contributed by atoms with E-state index in [1.54, 1.807) is 25.2 Å². The normalized spacial score (nSPS) is 27.0. The smallest absolute Gasteiger partial charge is 0.332 e. The number of rotatable bonds is 1. The third-order valence-corrected chi connectivity index (χ3v) is 7.91. The second kappa shape index (κ2) is 6.21. The molecule has 1 aromatic heterocycles. The highest BCUT2D eigenvalue weighted by Gasteiger charge is 2.76. The van der Waals surface area contributed by atoms with Crippen molar-refractivity contribution in [2.24, 2.45) is 5.41 Å². The summed E-state index contributed by atoms with van der Waals surface area (Å²) in [6.07, 6.45) is 0. The van der Waals surface area contributed by atoms with Crippen LogP contribution in [0.15, 0.2) is 41.8 Å². The van der Waals surface area contributed by atoms with E-state index in [0.717, 1.165) is 9.80 Å². The van der Waals surface area contributed by atoms with Gasteiger partial charge in [0.2, 0.25) is 0 Å². The van der Waals surface area contributed by atoms with E-state index in [-0.39, 0.29) is 10.9 Å². The molecule has 2 aromatic rings. The standard InChI is InChI=1S/C21H18N4O4S2/c1-23-12-8-5-4-7-11(12)21(18(23)28)14(13-9-6-10-31-13)20(15(30)22-21)16(26)24(2)19(29)25(3)17(20)27/h4-10,14H,1-3H3,(H,22,30)/t14-,21-/m0/s1. The van der Waals surface area contributed by atoms with Crippen LogP contribution in [0.2, 0.25) is 0 Å². The Labute approximate surface area is 187 Å². The zero-order valence-corrected chi connectivity index (χ0v) is 18.5. The van der Waals surface area contributed by atoms with Crippen molar-refractivity contribution in [1.29, 1.82) is 0 Å². The molecule has 0 bridgehead atoms. The fourth-order valence-corrected chi connectivity index (χ4v) is 6.55. The zero-order chi connectivity index (χ0) is 22.3. The van der Waals surface area contributed by atoms with Gasteiger partial charge in [-0.1, -0.05) is 36.5 Å². The highest BCUT2D eigenvalue weighted by atomic mass is 32.1. The first kappa shape index (κ1) is 19.8. The molecule has 1 N–H and O–H groups in total. The highest BCUT2D eigenvalue weighted by Crippen LogP contribution is 2.61. The number of imide groups is 2. The first-order chi connectivity index (χ1) is 14.7. The van der Waals surface area contributed by atoms with Gasteiger partial charge in [0, 0.05) is 37.3 Å². The van der Waals surface area contributed by atoms with E-state index in [0.29, 0.717) is 16.1 Å². The minimum atomic E-state index is -1.91. The third-order valence-electron chi connectivity index (χ3n) is 6.55. The zero-order valence-electron chi connectivity index (χ0n) is 16.9. The first-order valence-electron chi connectivity index (χ1n) is 9.54. The number of para-hydroxylation sites is 1. The molecule has 5 amide bonds. The molecule has 4 heterocycles. The number of carbonyl (C=O) groups is 4. The lowest BCUT2D eigenvalue weighted by Gasteiger charge is -2.43. The molecular formula is C21H18N4O4S2. The third kappa shape index (κ3) is 2.06. The average molecular weight is 455 g/mol. The molecule has 0 radical (unpaired) electrons. The molecule has 5 rings (SSSR count). The molecule has 10 heteroatoms. The number of carbonyl (C=O) groups excluding carboxylic acids is 4. The molecule has 0 unspecified atom stereocenters. The predicted molar refractivity (Wildman–Crippen MR) is 118 cm³/mol. The van der Waals surface area contributed by atoms with E-state index in [1.807, 2.05) is 23.6 Å². The number of urea groups is 1. The number of nitrogens with one attached hydrogen (secondary N) is 1. The molecule has 2 fully saturated rings. The number of likely N-dealkylation sites (N-methyl/N-ethyl adjacent to an activating group) is 1. The van der Waals surface area contributed by atoms with Gasteiger partial charge in [-0.2, -0.15) is 0 Å². The van der Waals surface area contributed by atoms with Gasteiger partial charge < -0.3 is 10.2 Å². The van der Waals surface area contributed by atoms with Crippen LogP contribution in [-0.2, 0) is 19.9 Å². The van der Waals surface area contributed by atoms with E-state index in [1.165, 1.54) is 30.3 Å². The molecule has 2 atom stereocenters. The van der Waals surface area contributed by atoms with Gasteiger partial charge in [0.25, 0.3) is 17.7 Å². The topological polar surface area (TPSA) is 90.0 Å². The van der Waals surface area contributed by atoms with Crippen LogP contribution in [0.1, 0.15) is 16.4 Å². The fourth-order valence-electron chi connectivity index (χ4n) is 5.14. The number of anilines is 1. The van der Waals surface area contributed by atoms with Crippen LogP contribution in [0.25, 0.3) is 0 Å². The number of barbiturate groups is 1. The Morgan fingerprint density at radius 1 is 0.903 bits per heavy atom. The molecular weight excluding hydrogens is 436 g/mol. The predicted octanol–water partition coefficient (Wildman–Crippen LogP) is 1.67. The number of fused-ring (bicyclic) bond motifs is 2. The Morgan fingerprint density at radius 3 is 2.16 bits per heavy atom. The maximum Gasteiger partial charge on any atom is 0.332 e. The van der Waals surface area contributed by atoms with Crippen molar-refractivity contribution in [3.05, 3.63) is 52.2 Å². The fraction of sp³-hybridized carbons (Fsp3) is 0.286. The lowest BCUT2D eigenvalue weighted by molar-refractivity contribution is -0.153. The van der Waals surface area contributed by atoms with Gasteiger partial charge in [-0.25, -0.2) is 4.79 Å². The van der Waals surface area contributed by atoms with Gasteiger partial charge in [0.05, 0.1) is 5.92 Å². The van der Waals surface area contributed by atoms with Crippen LogP contribution in [0, 0.1) is 5.41 Å². The molecule has 1 aromatic carbocycles. The molecule has 2 saturated heterocycles. The summed E-state index contributed by atoms with van der Waals surface area (Å²) in [7, 11) is 4.30. The molecule has 3 aliphatic rings. The van der Waals surface area contributed by atoms with E-state index in [2.05, 4.69) is 5.32 Å². The van der Waals surface area contributed by atoms with Gasteiger partial charge >= 0.3 is 6.03 Å². The number of benzene rings is 1. The largest absolute Gasteiger partial charge is 0.360 e. The molecule has 3 aliphatic heterocycles. The second-order valence-corrected chi connectivity index (χ2v) is 9.30. The summed E-state index contributed by atoms with van der Waals surface area (Å²) in [6, 6.07) is 10.1. The summed E-state index contributed by atoms with van der Waals surface area (Å²) < 4.78 is 0. The van der Waals surface area contributed by atoms with Crippen molar-refractivity contribution in [2.75, 3.05) is 26.0 Å². The number of thiophene rings is 1. The van der Waals surface area contributed by atoms with Crippen LogP contribution >= 0.6 is 23.6 Å². The summed E-state index contributed by atoms with van der Waals surface area (Å²) in [6.45, 7) is 0. The number of hydrogen-bond donors (Lipinski definition) is 1. The summed E-state index contributed by atoms with van der Waals surface area (Å²) in [5.41, 5.74) is -2.04. The Kier molecular flexibility index (Phi) is 3.97. The van der Waals surface area contributed by atoms with Crippen LogP contribution in [-0.4, -0.2) is 59.7 Å². The summed E-state index contributed by atoms with van der Waals surface area (Å²) in [5, 5.41) is 4.94. The van der Waals surface area contributed by atoms with Gasteiger partial charge in [0.1, 0.15) is 4.99 Å². The number of hydrogen-bond acceptors (Lipinski definition) is 6. The van der Waals surface area contributed by atoms with Crippen LogP contribution in [0.4, 0.5) is 10.5 Å². The van der Waals surface area contributed by atoms with Crippen molar-refractivity contribution in [3.63, 3.8) is 0 Å². The summed E-state index contributed by atoms with van der Waals surface area (Å²) in [4.78, 5) is 57.6. The molecule has 0 saturated carbocycles. The van der Waals surface area contributed by atoms with Crippen LogP contribution < -0.4 is 10.2 Å². The van der Waals surface area contributed by atoms with Gasteiger partial charge in [-0.3, -0.25) is 24.2 Å². The summed E-state index contributed by atoms with van der Waals surface area (Å²) >= 11 is 6.99. The Bertz CT molecular complexity index is 1170. The van der Waals surface area contributed by atoms with Crippen LogP contribution in [0.3, 0.4) is 0 Å². The van der Waals surface area contributed by atoms with E-state index in [4.69, 9.17) is 12.2 Å². The maximum atomic E-state index is 13.8. The number of amides is 5.